The van der Waals surface area contributed by atoms with Crippen molar-refractivity contribution in [1.82, 2.24) is 0 Å². The second-order valence-corrected chi connectivity index (χ2v) is 4.65. The van der Waals surface area contributed by atoms with E-state index < -0.39 is 0 Å². The van der Waals surface area contributed by atoms with Crippen LogP contribution >= 0.6 is 23.7 Å². The van der Waals surface area contributed by atoms with Crippen molar-refractivity contribution in [3.8, 4) is 0 Å². The maximum atomic E-state index is 6.05. The van der Waals surface area contributed by atoms with E-state index in [1.807, 2.05) is 0 Å². The van der Waals surface area contributed by atoms with Crippen molar-refractivity contribution in [2.75, 3.05) is 0 Å². The predicted octanol–water partition coefficient (Wildman–Crippen LogP) is 3.52. The second-order valence-electron chi connectivity index (χ2n) is 3.70. The number of hydrogen-bond donors (Lipinski definition) is 1. The van der Waals surface area contributed by atoms with Crippen molar-refractivity contribution in [3.05, 3.63) is 21.9 Å². The van der Waals surface area contributed by atoms with E-state index in [9.17, 15) is 0 Å². The van der Waals surface area contributed by atoms with Crippen LogP contribution in [0, 0.1) is 12.8 Å². The van der Waals surface area contributed by atoms with Gasteiger partial charge in [0.25, 0.3) is 0 Å². The molecule has 1 heterocycles. The predicted molar refractivity (Wildman–Crippen MR) is 62.7 cm³/mol. The van der Waals surface area contributed by atoms with Crippen LogP contribution in [0.4, 0.5) is 0 Å². The normalized spacial score (nSPS) is 12.7. The van der Waals surface area contributed by atoms with Crippen LogP contribution in [0.2, 0.25) is 0 Å². The summed E-state index contributed by atoms with van der Waals surface area (Å²) in [5.41, 5.74) is 7.39. The Morgan fingerprint density at radius 1 is 1.46 bits per heavy atom. The Hall–Kier alpha value is -0.0500. The molecule has 2 N–H and O–H groups in total. The van der Waals surface area contributed by atoms with Gasteiger partial charge in [0.2, 0.25) is 0 Å². The van der Waals surface area contributed by atoms with Crippen LogP contribution < -0.4 is 5.73 Å². The van der Waals surface area contributed by atoms with Crippen molar-refractivity contribution in [1.29, 1.82) is 0 Å². The molecule has 1 nitrogen and oxygen atoms in total. The third-order valence-electron chi connectivity index (χ3n) is 1.96. The van der Waals surface area contributed by atoms with Gasteiger partial charge in [0, 0.05) is 10.9 Å². The number of halogens is 1. The van der Waals surface area contributed by atoms with Gasteiger partial charge in [-0.3, -0.25) is 0 Å². The fourth-order valence-corrected chi connectivity index (χ4v) is 2.32. The fraction of sp³-hybridized carbons (Fsp3) is 0.600. The van der Waals surface area contributed by atoms with Crippen LogP contribution in [0.1, 0.15) is 36.8 Å². The van der Waals surface area contributed by atoms with E-state index in [2.05, 4.69) is 32.2 Å². The minimum atomic E-state index is 0. The van der Waals surface area contributed by atoms with Crippen LogP contribution in [0.15, 0.2) is 11.4 Å². The van der Waals surface area contributed by atoms with Crippen molar-refractivity contribution < 1.29 is 0 Å². The molecule has 1 aromatic rings. The van der Waals surface area contributed by atoms with E-state index in [1.165, 1.54) is 10.4 Å². The molecule has 0 bridgehead atoms. The summed E-state index contributed by atoms with van der Waals surface area (Å²) >= 11 is 1.77. The molecule has 76 valence electrons. The molecular formula is C10H18ClNS. The molecule has 1 unspecified atom stereocenters. The first-order chi connectivity index (χ1) is 5.61. The van der Waals surface area contributed by atoms with Crippen LogP contribution in [0.25, 0.3) is 0 Å². The first kappa shape index (κ1) is 12.9. The summed E-state index contributed by atoms with van der Waals surface area (Å²) in [6.07, 6.45) is 1.08. The molecule has 3 heteroatoms. The van der Waals surface area contributed by atoms with Crippen LogP contribution in [0.5, 0.6) is 0 Å². The summed E-state index contributed by atoms with van der Waals surface area (Å²) in [6, 6.07) is 2.38. The van der Waals surface area contributed by atoms with E-state index in [1.54, 1.807) is 11.3 Å². The van der Waals surface area contributed by atoms with E-state index in [-0.39, 0.29) is 18.4 Å². The lowest BCUT2D eigenvalue weighted by Crippen LogP contribution is -2.12. The highest BCUT2D eigenvalue weighted by molar-refractivity contribution is 7.10. The molecule has 1 rings (SSSR count). The lowest BCUT2D eigenvalue weighted by Gasteiger charge is -2.13. The Morgan fingerprint density at radius 2 is 2.08 bits per heavy atom. The molecule has 0 saturated heterocycles. The minimum absolute atomic E-state index is 0. The molecule has 0 fully saturated rings. The highest BCUT2D eigenvalue weighted by Crippen LogP contribution is 2.26. The van der Waals surface area contributed by atoms with Crippen LogP contribution in [0.3, 0.4) is 0 Å². The number of hydrogen-bond acceptors (Lipinski definition) is 2. The van der Waals surface area contributed by atoms with Gasteiger partial charge < -0.3 is 5.73 Å². The molecule has 0 aliphatic carbocycles. The molecule has 1 aromatic heterocycles. The summed E-state index contributed by atoms with van der Waals surface area (Å²) in [4.78, 5) is 1.35. The lowest BCUT2D eigenvalue weighted by atomic mass is 10.0. The third-order valence-corrected chi connectivity index (χ3v) is 3.11. The fourth-order valence-electron chi connectivity index (χ4n) is 1.38. The topological polar surface area (TPSA) is 26.0 Å². The molecule has 0 aliphatic heterocycles. The van der Waals surface area contributed by atoms with Crippen molar-refractivity contribution in [3.63, 3.8) is 0 Å². The van der Waals surface area contributed by atoms with Gasteiger partial charge >= 0.3 is 0 Å². The molecular weight excluding hydrogens is 202 g/mol. The van der Waals surface area contributed by atoms with Crippen LogP contribution in [-0.4, -0.2) is 0 Å². The third kappa shape index (κ3) is 3.67. The maximum Gasteiger partial charge on any atom is 0.0394 e. The van der Waals surface area contributed by atoms with Gasteiger partial charge in [0.05, 0.1) is 0 Å². The van der Waals surface area contributed by atoms with Crippen molar-refractivity contribution in [2.24, 2.45) is 11.7 Å². The number of thiophene rings is 1. The smallest absolute Gasteiger partial charge is 0.0394 e. The molecule has 1 atom stereocenters. The zero-order chi connectivity index (χ0) is 9.14. The number of nitrogens with two attached hydrogens (primary N) is 1. The summed E-state index contributed by atoms with van der Waals surface area (Å²) in [5, 5.41) is 2.12. The minimum Gasteiger partial charge on any atom is -0.323 e. The summed E-state index contributed by atoms with van der Waals surface area (Å²) in [6.45, 7) is 6.55. The Kier molecular flexibility index (Phi) is 5.61. The zero-order valence-electron chi connectivity index (χ0n) is 8.41. The molecule has 0 aromatic carbocycles. The molecule has 0 spiro atoms. The second kappa shape index (κ2) is 5.63. The van der Waals surface area contributed by atoms with Gasteiger partial charge in [0.15, 0.2) is 0 Å². The molecule has 13 heavy (non-hydrogen) atoms. The van der Waals surface area contributed by atoms with Crippen molar-refractivity contribution in [2.45, 2.75) is 33.2 Å². The van der Waals surface area contributed by atoms with Gasteiger partial charge in [-0.05, 0) is 36.3 Å². The van der Waals surface area contributed by atoms with Crippen molar-refractivity contribution >= 4 is 23.7 Å². The average molecular weight is 220 g/mol. The largest absolute Gasteiger partial charge is 0.323 e. The molecule has 0 aliphatic rings. The highest BCUT2D eigenvalue weighted by Gasteiger charge is 2.11. The van der Waals surface area contributed by atoms with Gasteiger partial charge in [-0.25, -0.2) is 0 Å². The van der Waals surface area contributed by atoms with E-state index in [0.29, 0.717) is 5.92 Å². The summed E-state index contributed by atoms with van der Waals surface area (Å²) in [7, 11) is 0. The number of aryl methyl sites for hydroxylation is 1. The van der Waals surface area contributed by atoms with Gasteiger partial charge in [-0.1, -0.05) is 13.8 Å². The average Bonchev–Trinajstić information content (AvgIpc) is 2.33. The van der Waals surface area contributed by atoms with Crippen LogP contribution in [-0.2, 0) is 0 Å². The van der Waals surface area contributed by atoms with Gasteiger partial charge in [-0.15, -0.1) is 23.7 Å². The first-order valence-corrected chi connectivity index (χ1v) is 5.28. The molecule has 0 amide bonds. The molecule has 0 radical (unpaired) electrons. The first-order valence-electron chi connectivity index (χ1n) is 4.41. The summed E-state index contributed by atoms with van der Waals surface area (Å²) in [5.74, 6) is 0.682. The Bertz CT molecular complexity index is 245. The van der Waals surface area contributed by atoms with Gasteiger partial charge in [0.1, 0.15) is 0 Å². The quantitative estimate of drug-likeness (QED) is 0.827. The van der Waals surface area contributed by atoms with E-state index >= 15 is 0 Å². The van der Waals surface area contributed by atoms with E-state index in [4.69, 9.17) is 5.73 Å². The Labute approximate surface area is 90.8 Å². The SMILES string of the molecule is Cc1ccsc1C(N)CC(C)C.Cl. The number of rotatable bonds is 3. The molecule has 0 saturated carbocycles. The highest BCUT2D eigenvalue weighted by atomic mass is 35.5. The van der Waals surface area contributed by atoms with E-state index in [0.717, 1.165) is 6.42 Å². The lowest BCUT2D eigenvalue weighted by molar-refractivity contribution is 0.514. The maximum absolute atomic E-state index is 6.05. The zero-order valence-corrected chi connectivity index (χ0v) is 10.0. The Morgan fingerprint density at radius 3 is 2.46 bits per heavy atom. The Balaban J connectivity index is 0.00000144. The monoisotopic (exact) mass is 219 g/mol. The standard InChI is InChI=1S/C10H17NS.ClH/c1-7(2)6-9(11)10-8(3)4-5-12-10;/h4-5,7,9H,6,11H2,1-3H3;1H. The summed E-state index contributed by atoms with van der Waals surface area (Å²) < 4.78 is 0. The van der Waals surface area contributed by atoms with Gasteiger partial charge in [-0.2, -0.15) is 0 Å².